The Morgan fingerprint density at radius 3 is 3.00 bits per heavy atom. The SMILES string of the molecule is C=CCOC(=O)c1cc(-c2ccc(/C=N\n3nnnc3N)o2)ccc1Cl. The Kier molecular flexibility index (Phi) is 5.09. The van der Waals surface area contributed by atoms with Gasteiger partial charge in [-0.15, -0.1) is 0 Å². The Balaban J connectivity index is 1.83. The number of anilines is 1. The summed E-state index contributed by atoms with van der Waals surface area (Å²) in [6.45, 7) is 3.60. The third-order valence-corrected chi connectivity index (χ3v) is 3.53. The van der Waals surface area contributed by atoms with Gasteiger partial charge in [-0.25, -0.2) is 4.79 Å². The average molecular weight is 373 g/mol. The number of hydrogen-bond acceptors (Lipinski definition) is 8. The second-order valence-corrected chi connectivity index (χ2v) is 5.36. The van der Waals surface area contributed by atoms with Crippen LogP contribution in [0.15, 0.2) is 52.5 Å². The number of nitrogens with two attached hydrogens (primary N) is 1. The highest BCUT2D eigenvalue weighted by Gasteiger charge is 2.14. The fourth-order valence-corrected chi connectivity index (χ4v) is 2.20. The zero-order valence-electron chi connectivity index (χ0n) is 13.4. The van der Waals surface area contributed by atoms with Gasteiger partial charge in [-0.05, 0) is 40.8 Å². The number of nitrogen functional groups attached to an aromatic ring is 1. The van der Waals surface area contributed by atoms with Crippen LogP contribution in [0.2, 0.25) is 5.02 Å². The number of ether oxygens (including phenoxy) is 1. The van der Waals surface area contributed by atoms with Crippen LogP contribution in [0.5, 0.6) is 0 Å². The fourth-order valence-electron chi connectivity index (χ4n) is 2.01. The molecule has 3 aromatic rings. The van der Waals surface area contributed by atoms with Crippen molar-refractivity contribution >= 4 is 29.7 Å². The summed E-state index contributed by atoms with van der Waals surface area (Å²) in [6.07, 6.45) is 2.89. The molecule has 0 spiro atoms. The van der Waals surface area contributed by atoms with Gasteiger partial charge in [0.2, 0.25) is 0 Å². The maximum absolute atomic E-state index is 12.0. The smallest absolute Gasteiger partial charge is 0.339 e. The van der Waals surface area contributed by atoms with Crippen molar-refractivity contribution in [3.05, 3.63) is 59.3 Å². The number of aromatic nitrogens is 4. The van der Waals surface area contributed by atoms with Gasteiger partial charge < -0.3 is 14.9 Å². The number of nitrogens with zero attached hydrogens (tertiary/aromatic N) is 5. The molecule has 0 bridgehead atoms. The molecule has 132 valence electrons. The number of esters is 1. The van der Waals surface area contributed by atoms with Crippen LogP contribution in [0.1, 0.15) is 16.1 Å². The van der Waals surface area contributed by atoms with Crippen LogP contribution in [0, 0.1) is 0 Å². The monoisotopic (exact) mass is 372 g/mol. The first-order chi connectivity index (χ1) is 12.6. The van der Waals surface area contributed by atoms with Gasteiger partial charge in [0.05, 0.1) is 16.8 Å². The van der Waals surface area contributed by atoms with Gasteiger partial charge in [-0.2, -0.15) is 5.10 Å². The van der Waals surface area contributed by atoms with Crippen molar-refractivity contribution in [2.24, 2.45) is 5.10 Å². The summed E-state index contributed by atoms with van der Waals surface area (Å²) in [5.74, 6) is 0.471. The number of rotatable bonds is 6. The number of halogens is 1. The molecule has 2 heterocycles. The Bertz CT molecular complexity index is 978. The molecular formula is C16H13ClN6O3. The zero-order valence-corrected chi connectivity index (χ0v) is 14.1. The molecule has 9 nitrogen and oxygen atoms in total. The van der Waals surface area contributed by atoms with Gasteiger partial charge >= 0.3 is 5.97 Å². The van der Waals surface area contributed by atoms with Crippen LogP contribution >= 0.6 is 11.6 Å². The second kappa shape index (κ2) is 7.62. The standard InChI is InChI=1S/C16H13ClN6O3/c1-2-7-25-15(24)12-8-10(3-5-13(12)17)14-6-4-11(26-14)9-19-23-16(18)20-21-22-23/h2-6,8-9H,1,7H2,(H2,18,20,22)/b19-9-. The van der Waals surface area contributed by atoms with Gasteiger partial charge in [0.1, 0.15) is 18.1 Å². The molecule has 0 saturated carbocycles. The Morgan fingerprint density at radius 2 is 2.27 bits per heavy atom. The number of carbonyl (C=O) groups excluding carboxylic acids is 1. The average Bonchev–Trinajstić information content (AvgIpc) is 3.27. The molecule has 0 aliphatic carbocycles. The third-order valence-electron chi connectivity index (χ3n) is 3.20. The summed E-state index contributed by atoms with van der Waals surface area (Å²) < 4.78 is 10.7. The van der Waals surface area contributed by atoms with Crippen LogP contribution in [0.3, 0.4) is 0 Å². The van der Waals surface area contributed by atoms with Crippen molar-refractivity contribution in [1.29, 1.82) is 0 Å². The van der Waals surface area contributed by atoms with Crippen molar-refractivity contribution in [3.63, 3.8) is 0 Å². The number of tetrazole rings is 1. The van der Waals surface area contributed by atoms with E-state index in [4.69, 9.17) is 26.5 Å². The summed E-state index contributed by atoms with van der Waals surface area (Å²) in [7, 11) is 0. The Morgan fingerprint density at radius 1 is 1.42 bits per heavy atom. The number of benzene rings is 1. The first-order valence-corrected chi connectivity index (χ1v) is 7.72. The first-order valence-electron chi connectivity index (χ1n) is 7.34. The van der Waals surface area contributed by atoms with Crippen LogP contribution in [-0.4, -0.2) is 39.1 Å². The van der Waals surface area contributed by atoms with E-state index >= 15 is 0 Å². The van der Waals surface area contributed by atoms with Crippen LogP contribution in [0.25, 0.3) is 11.3 Å². The summed E-state index contributed by atoms with van der Waals surface area (Å²) in [5.41, 5.74) is 6.40. The van der Waals surface area contributed by atoms with Crippen LogP contribution in [-0.2, 0) is 4.74 Å². The molecule has 1 aromatic carbocycles. The van der Waals surface area contributed by atoms with Crippen molar-refractivity contribution in [2.75, 3.05) is 12.3 Å². The fraction of sp³-hybridized carbons (Fsp3) is 0.0625. The summed E-state index contributed by atoms with van der Waals surface area (Å²) in [4.78, 5) is 13.1. The van der Waals surface area contributed by atoms with E-state index in [0.717, 1.165) is 4.79 Å². The van der Waals surface area contributed by atoms with E-state index in [1.165, 1.54) is 12.3 Å². The highest BCUT2D eigenvalue weighted by atomic mass is 35.5. The molecular weight excluding hydrogens is 360 g/mol. The molecule has 0 atom stereocenters. The summed E-state index contributed by atoms with van der Waals surface area (Å²) in [5, 5.41) is 14.7. The molecule has 0 aliphatic rings. The maximum atomic E-state index is 12.0. The summed E-state index contributed by atoms with van der Waals surface area (Å²) >= 11 is 6.07. The van der Waals surface area contributed by atoms with E-state index < -0.39 is 5.97 Å². The van der Waals surface area contributed by atoms with Crippen molar-refractivity contribution < 1.29 is 13.9 Å². The predicted octanol–water partition coefficient (Wildman–Crippen LogP) is 2.39. The minimum atomic E-state index is -0.542. The zero-order chi connectivity index (χ0) is 18.5. The van der Waals surface area contributed by atoms with Gasteiger partial charge in [0, 0.05) is 5.56 Å². The molecule has 0 unspecified atom stereocenters. The lowest BCUT2D eigenvalue weighted by atomic mass is 10.1. The molecule has 10 heteroatoms. The Labute approximate surface area is 152 Å². The minimum Gasteiger partial charge on any atom is -0.458 e. The molecule has 26 heavy (non-hydrogen) atoms. The highest BCUT2D eigenvalue weighted by Crippen LogP contribution is 2.27. The van der Waals surface area contributed by atoms with E-state index in [9.17, 15) is 4.79 Å². The third kappa shape index (κ3) is 3.78. The topological polar surface area (TPSA) is 121 Å². The van der Waals surface area contributed by atoms with E-state index in [1.54, 1.807) is 30.3 Å². The lowest BCUT2D eigenvalue weighted by Gasteiger charge is -2.06. The molecule has 0 fully saturated rings. The molecule has 0 aliphatic heterocycles. The molecule has 0 amide bonds. The number of carbonyl (C=O) groups is 1. The Hall–Kier alpha value is -3.46. The normalized spacial score (nSPS) is 11.0. The number of hydrogen-bond donors (Lipinski definition) is 1. The minimum absolute atomic E-state index is 0.0495. The molecule has 0 saturated heterocycles. The molecule has 2 aromatic heterocycles. The van der Waals surface area contributed by atoms with Gasteiger partial charge in [0.25, 0.3) is 5.95 Å². The van der Waals surface area contributed by atoms with E-state index in [2.05, 4.69) is 27.2 Å². The lowest BCUT2D eigenvalue weighted by molar-refractivity contribution is 0.0550. The van der Waals surface area contributed by atoms with Crippen LogP contribution in [0.4, 0.5) is 5.95 Å². The van der Waals surface area contributed by atoms with Crippen molar-refractivity contribution in [3.8, 4) is 11.3 Å². The van der Waals surface area contributed by atoms with E-state index in [-0.39, 0.29) is 23.1 Å². The largest absolute Gasteiger partial charge is 0.458 e. The first kappa shape index (κ1) is 17.4. The highest BCUT2D eigenvalue weighted by molar-refractivity contribution is 6.33. The quantitative estimate of drug-likeness (QED) is 0.400. The van der Waals surface area contributed by atoms with Gasteiger partial charge in [-0.3, -0.25) is 0 Å². The molecule has 3 rings (SSSR count). The predicted molar refractivity (Wildman–Crippen MR) is 94.9 cm³/mol. The van der Waals surface area contributed by atoms with E-state index in [0.29, 0.717) is 17.1 Å². The number of furan rings is 1. The van der Waals surface area contributed by atoms with E-state index in [1.807, 2.05) is 0 Å². The van der Waals surface area contributed by atoms with Crippen LogP contribution < -0.4 is 5.73 Å². The lowest BCUT2D eigenvalue weighted by Crippen LogP contribution is -2.05. The maximum Gasteiger partial charge on any atom is 0.339 e. The molecule has 0 radical (unpaired) electrons. The summed E-state index contributed by atoms with van der Waals surface area (Å²) in [6, 6.07) is 8.34. The van der Waals surface area contributed by atoms with Crippen molar-refractivity contribution in [1.82, 2.24) is 20.3 Å². The van der Waals surface area contributed by atoms with Crippen molar-refractivity contribution in [2.45, 2.75) is 0 Å². The van der Waals surface area contributed by atoms with Gasteiger partial charge in [0.15, 0.2) is 0 Å². The molecule has 2 N–H and O–H groups in total. The second-order valence-electron chi connectivity index (χ2n) is 4.95. The van der Waals surface area contributed by atoms with Gasteiger partial charge in [-0.1, -0.05) is 34.1 Å².